The van der Waals surface area contributed by atoms with Crippen LogP contribution in [-0.4, -0.2) is 41.7 Å². The molecule has 3 rings (SSSR count). The van der Waals surface area contributed by atoms with Crippen LogP contribution in [0.1, 0.15) is 30.6 Å². The van der Waals surface area contributed by atoms with Gasteiger partial charge in [0.25, 0.3) is 0 Å². The van der Waals surface area contributed by atoms with Crippen molar-refractivity contribution < 1.29 is 9.53 Å². The van der Waals surface area contributed by atoms with Crippen molar-refractivity contribution in [1.82, 2.24) is 9.47 Å². The Hall–Kier alpha value is -1.41. The van der Waals surface area contributed by atoms with E-state index in [0.29, 0.717) is 11.3 Å². The van der Waals surface area contributed by atoms with Crippen molar-refractivity contribution in [2.75, 3.05) is 26.2 Å². The van der Waals surface area contributed by atoms with E-state index in [1.807, 2.05) is 18.2 Å². The molecule has 0 unspecified atom stereocenters. The third-order valence-corrected chi connectivity index (χ3v) is 5.48. The van der Waals surface area contributed by atoms with Crippen molar-refractivity contribution in [1.29, 1.82) is 0 Å². The predicted octanol–water partition coefficient (Wildman–Crippen LogP) is 3.12. The Kier molecular flexibility index (Phi) is 5.78. The topological polar surface area (TPSA) is 51.5 Å². The number of rotatable bonds is 5. The fourth-order valence-corrected chi connectivity index (χ4v) is 3.99. The standard InChI is InChI=1S/C19H23IN2O3/c1-3-21-8-7-13(10-21)11-22-12-16(19(24)25-4-2)18(23)15-9-14(20)5-6-17(15)22/h5-6,9,12-13H,3-4,7-8,10-11H2,1-2H3/t13-/m0/s1. The lowest BCUT2D eigenvalue weighted by atomic mass is 10.1. The van der Waals surface area contributed by atoms with E-state index in [1.165, 1.54) is 0 Å². The molecule has 1 aliphatic heterocycles. The van der Waals surface area contributed by atoms with Crippen molar-refractivity contribution in [2.24, 2.45) is 5.92 Å². The van der Waals surface area contributed by atoms with Gasteiger partial charge in [0.05, 0.1) is 12.1 Å². The number of carbonyl (C=O) groups excluding carboxylic acids is 1. The van der Waals surface area contributed by atoms with Crippen LogP contribution in [0.2, 0.25) is 0 Å². The van der Waals surface area contributed by atoms with Gasteiger partial charge in [-0.15, -0.1) is 0 Å². The van der Waals surface area contributed by atoms with Crippen LogP contribution >= 0.6 is 22.6 Å². The van der Waals surface area contributed by atoms with Gasteiger partial charge in [-0.25, -0.2) is 4.79 Å². The molecule has 0 spiro atoms. The minimum absolute atomic E-state index is 0.127. The summed E-state index contributed by atoms with van der Waals surface area (Å²) in [5.41, 5.74) is 0.764. The van der Waals surface area contributed by atoms with Crippen molar-refractivity contribution >= 4 is 39.5 Å². The fourth-order valence-electron chi connectivity index (χ4n) is 3.50. The molecule has 1 aromatic carbocycles. The van der Waals surface area contributed by atoms with E-state index < -0.39 is 5.97 Å². The number of carbonyl (C=O) groups is 1. The summed E-state index contributed by atoms with van der Waals surface area (Å²) in [6.45, 7) is 8.23. The van der Waals surface area contributed by atoms with Gasteiger partial charge in [0.1, 0.15) is 5.56 Å². The van der Waals surface area contributed by atoms with E-state index in [1.54, 1.807) is 13.1 Å². The van der Waals surface area contributed by atoms with Gasteiger partial charge in [0.2, 0.25) is 5.43 Å². The van der Waals surface area contributed by atoms with Gasteiger partial charge in [-0.1, -0.05) is 6.92 Å². The number of hydrogen-bond acceptors (Lipinski definition) is 4. The number of nitrogens with zero attached hydrogens (tertiary/aromatic N) is 2. The van der Waals surface area contributed by atoms with Crippen LogP contribution in [0.25, 0.3) is 10.9 Å². The zero-order valence-electron chi connectivity index (χ0n) is 14.6. The smallest absolute Gasteiger partial charge is 0.343 e. The molecule has 1 atom stereocenters. The number of aromatic nitrogens is 1. The predicted molar refractivity (Wildman–Crippen MR) is 107 cm³/mol. The number of likely N-dealkylation sites (tertiary alicyclic amines) is 1. The molecular formula is C19H23IN2O3. The summed E-state index contributed by atoms with van der Waals surface area (Å²) in [6.07, 6.45) is 2.82. The molecule has 1 saturated heterocycles. The molecule has 0 radical (unpaired) electrons. The minimum atomic E-state index is -0.538. The highest BCUT2D eigenvalue weighted by Crippen LogP contribution is 2.22. The first-order valence-corrected chi connectivity index (χ1v) is 9.83. The van der Waals surface area contributed by atoms with Crippen LogP contribution in [0.15, 0.2) is 29.2 Å². The maximum Gasteiger partial charge on any atom is 0.343 e. The second-order valence-corrected chi connectivity index (χ2v) is 7.70. The number of pyridine rings is 1. The zero-order chi connectivity index (χ0) is 18.0. The molecular weight excluding hydrogens is 431 g/mol. The van der Waals surface area contributed by atoms with Gasteiger partial charge in [0, 0.05) is 28.2 Å². The first-order chi connectivity index (χ1) is 12.0. The molecule has 1 aromatic heterocycles. The molecule has 1 fully saturated rings. The number of ether oxygens (including phenoxy) is 1. The molecule has 0 amide bonds. The monoisotopic (exact) mass is 454 g/mol. The van der Waals surface area contributed by atoms with Crippen LogP contribution in [0.3, 0.4) is 0 Å². The molecule has 134 valence electrons. The lowest BCUT2D eigenvalue weighted by Crippen LogP contribution is -2.24. The molecule has 6 heteroatoms. The Balaban J connectivity index is 2.05. The number of fused-ring (bicyclic) bond motifs is 1. The summed E-state index contributed by atoms with van der Waals surface area (Å²) < 4.78 is 8.12. The normalized spacial score (nSPS) is 18.0. The Bertz CT molecular complexity index is 846. The van der Waals surface area contributed by atoms with Crippen molar-refractivity contribution in [3.63, 3.8) is 0 Å². The number of esters is 1. The quantitative estimate of drug-likeness (QED) is 0.515. The second kappa shape index (κ2) is 7.86. The molecule has 2 aromatic rings. The summed E-state index contributed by atoms with van der Waals surface area (Å²) in [5.74, 6) is -0.0106. The van der Waals surface area contributed by atoms with Crippen molar-refractivity contribution in [2.45, 2.75) is 26.8 Å². The van der Waals surface area contributed by atoms with Crippen LogP contribution < -0.4 is 5.43 Å². The van der Waals surface area contributed by atoms with Gasteiger partial charge in [-0.2, -0.15) is 0 Å². The Morgan fingerprint density at radius 2 is 2.16 bits per heavy atom. The van der Waals surface area contributed by atoms with E-state index >= 15 is 0 Å². The first-order valence-electron chi connectivity index (χ1n) is 8.75. The average molecular weight is 454 g/mol. The number of halogens is 1. The highest BCUT2D eigenvalue weighted by molar-refractivity contribution is 14.1. The molecule has 1 aliphatic rings. The average Bonchev–Trinajstić information content (AvgIpc) is 3.05. The van der Waals surface area contributed by atoms with E-state index in [9.17, 15) is 9.59 Å². The lowest BCUT2D eigenvalue weighted by molar-refractivity contribution is 0.0524. The summed E-state index contributed by atoms with van der Waals surface area (Å²) >= 11 is 2.19. The van der Waals surface area contributed by atoms with E-state index in [-0.39, 0.29) is 17.6 Å². The van der Waals surface area contributed by atoms with Crippen molar-refractivity contribution in [3.05, 3.63) is 43.8 Å². The summed E-state index contributed by atoms with van der Waals surface area (Å²) in [4.78, 5) is 27.4. The van der Waals surface area contributed by atoms with Gasteiger partial charge in [0.15, 0.2) is 0 Å². The molecule has 0 bridgehead atoms. The van der Waals surface area contributed by atoms with Crippen LogP contribution in [0.4, 0.5) is 0 Å². The Morgan fingerprint density at radius 3 is 2.84 bits per heavy atom. The first kappa shape index (κ1) is 18.4. The van der Waals surface area contributed by atoms with E-state index in [0.717, 1.165) is 41.7 Å². The third-order valence-electron chi connectivity index (χ3n) is 4.81. The zero-order valence-corrected chi connectivity index (χ0v) is 16.8. The van der Waals surface area contributed by atoms with Crippen LogP contribution in [0.5, 0.6) is 0 Å². The molecule has 25 heavy (non-hydrogen) atoms. The number of benzene rings is 1. The summed E-state index contributed by atoms with van der Waals surface area (Å²) in [7, 11) is 0. The van der Waals surface area contributed by atoms with E-state index in [4.69, 9.17) is 4.74 Å². The Morgan fingerprint density at radius 1 is 1.36 bits per heavy atom. The second-order valence-electron chi connectivity index (χ2n) is 6.45. The lowest BCUT2D eigenvalue weighted by Gasteiger charge is -2.18. The minimum Gasteiger partial charge on any atom is -0.462 e. The van der Waals surface area contributed by atoms with Crippen molar-refractivity contribution in [3.8, 4) is 0 Å². The molecule has 2 heterocycles. The van der Waals surface area contributed by atoms with Crippen LogP contribution in [0, 0.1) is 9.49 Å². The highest BCUT2D eigenvalue weighted by atomic mass is 127. The Labute approximate surface area is 161 Å². The summed E-state index contributed by atoms with van der Waals surface area (Å²) in [5, 5.41) is 0.586. The molecule has 0 saturated carbocycles. The third kappa shape index (κ3) is 3.89. The number of hydrogen-bond donors (Lipinski definition) is 0. The van der Waals surface area contributed by atoms with E-state index in [2.05, 4.69) is 39.0 Å². The maximum atomic E-state index is 12.8. The summed E-state index contributed by atoms with van der Waals surface area (Å²) in [6, 6.07) is 5.82. The molecule has 5 nitrogen and oxygen atoms in total. The van der Waals surface area contributed by atoms with Gasteiger partial charge >= 0.3 is 5.97 Å². The molecule has 0 N–H and O–H groups in total. The van der Waals surface area contributed by atoms with Gasteiger partial charge < -0.3 is 14.2 Å². The largest absolute Gasteiger partial charge is 0.462 e. The fraction of sp³-hybridized carbons (Fsp3) is 0.474. The highest BCUT2D eigenvalue weighted by Gasteiger charge is 2.23. The van der Waals surface area contributed by atoms with Gasteiger partial charge in [-0.05, 0) is 73.1 Å². The van der Waals surface area contributed by atoms with Crippen LogP contribution in [-0.2, 0) is 11.3 Å². The van der Waals surface area contributed by atoms with Gasteiger partial charge in [-0.3, -0.25) is 4.79 Å². The maximum absolute atomic E-state index is 12.8. The SMILES string of the molecule is CCOC(=O)c1cn(C[C@H]2CCN(CC)C2)c2ccc(I)cc2c1=O. The molecule has 0 aliphatic carbocycles.